The number of halogens is 2. The van der Waals surface area contributed by atoms with Crippen LogP contribution in [-0.4, -0.2) is 59.0 Å². The van der Waals surface area contributed by atoms with E-state index in [2.05, 4.69) is 4.98 Å². The molecule has 0 unspecified atom stereocenters. The Labute approximate surface area is 197 Å². The zero-order valence-electron chi connectivity index (χ0n) is 17.8. The number of hydrogen-bond donors (Lipinski definition) is 2. The van der Waals surface area contributed by atoms with E-state index >= 15 is 0 Å². The molecule has 3 rings (SSSR count). The van der Waals surface area contributed by atoms with E-state index in [1.807, 2.05) is 6.92 Å². The Hall–Kier alpha value is -3.15. The number of rotatable bonds is 8. The minimum absolute atomic E-state index is 0.0134. The molecule has 2 aromatic rings. The number of amides is 3. The number of H-pyrrole nitrogens is 1. The summed E-state index contributed by atoms with van der Waals surface area (Å²) in [5.41, 5.74) is 4.24. The number of nitrogens with two attached hydrogens (primary N) is 1. The van der Waals surface area contributed by atoms with Crippen LogP contribution < -0.4 is 21.9 Å². The Kier molecular flexibility index (Phi) is 7.25. The smallest absolute Gasteiger partial charge is 0.330 e. The lowest BCUT2D eigenvalue weighted by Crippen LogP contribution is -2.47. The fourth-order valence-corrected chi connectivity index (χ4v) is 3.80. The van der Waals surface area contributed by atoms with Gasteiger partial charge in [0.2, 0.25) is 5.91 Å². The Morgan fingerprint density at radius 3 is 2.21 bits per heavy atom. The first-order chi connectivity index (χ1) is 15.6. The van der Waals surface area contributed by atoms with Crippen LogP contribution in [0, 0.1) is 0 Å². The number of aromatic amines is 1. The first kappa shape index (κ1) is 24.5. The SMILES string of the molecule is CCCn1c(N)c(N(CCOC)C(=O)CN2C(=O)c3cc(Cl)c(Cl)cc3C2=O)c(=O)[nH]c1=O. The summed E-state index contributed by atoms with van der Waals surface area (Å²) in [5, 5.41) is 0.174. The second-order valence-corrected chi connectivity index (χ2v) is 8.01. The summed E-state index contributed by atoms with van der Waals surface area (Å²) < 4.78 is 6.16. The number of benzene rings is 1. The quantitative estimate of drug-likeness (QED) is 0.518. The molecule has 0 saturated heterocycles. The van der Waals surface area contributed by atoms with Gasteiger partial charge in [-0.25, -0.2) is 4.79 Å². The number of methoxy groups -OCH3 is 1. The molecule has 3 N–H and O–H groups in total. The average Bonchev–Trinajstić information content (AvgIpc) is 2.97. The van der Waals surface area contributed by atoms with E-state index in [-0.39, 0.29) is 52.4 Å². The molecule has 0 spiro atoms. The topological polar surface area (TPSA) is 148 Å². The molecule has 33 heavy (non-hydrogen) atoms. The summed E-state index contributed by atoms with van der Waals surface area (Å²) in [6, 6.07) is 2.52. The molecular formula is C20H21Cl2N5O6. The molecular weight excluding hydrogens is 477 g/mol. The Bertz CT molecular complexity index is 1210. The van der Waals surface area contributed by atoms with Gasteiger partial charge in [-0.2, -0.15) is 0 Å². The molecule has 2 heterocycles. The number of nitrogens with zero attached hydrogens (tertiary/aromatic N) is 3. The van der Waals surface area contributed by atoms with Crippen molar-refractivity contribution in [3.8, 4) is 0 Å². The van der Waals surface area contributed by atoms with E-state index in [1.54, 1.807) is 0 Å². The van der Waals surface area contributed by atoms with E-state index in [9.17, 15) is 24.0 Å². The highest BCUT2D eigenvalue weighted by Gasteiger charge is 2.39. The van der Waals surface area contributed by atoms with Crippen molar-refractivity contribution in [2.45, 2.75) is 19.9 Å². The standard InChI is InChI=1S/C20H21Cl2N5O6/c1-3-4-26-16(23)15(17(29)24-20(26)32)25(5-6-33-2)14(28)9-27-18(30)10-7-12(21)13(22)8-11(10)19(27)31/h7-8H,3-6,9,23H2,1-2H3,(H,24,29,32). The van der Waals surface area contributed by atoms with E-state index in [4.69, 9.17) is 33.7 Å². The maximum atomic E-state index is 13.2. The second kappa shape index (κ2) is 9.77. The molecule has 1 aromatic carbocycles. The maximum Gasteiger partial charge on any atom is 0.330 e. The highest BCUT2D eigenvalue weighted by Crippen LogP contribution is 2.31. The molecule has 11 nitrogen and oxygen atoms in total. The van der Waals surface area contributed by atoms with Crippen LogP contribution in [0.5, 0.6) is 0 Å². The summed E-state index contributed by atoms with van der Waals surface area (Å²) in [7, 11) is 1.39. The van der Waals surface area contributed by atoms with E-state index in [0.29, 0.717) is 6.42 Å². The van der Waals surface area contributed by atoms with Crippen molar-refractivity contribution in [3.63, 3.8) is 0 Å². The molecule has 1 aliphatic rings. The van der Waals surface area contributed by atoms with Crippen molar-refractivity contribution in [2.24, 2.45) is 0 Å². The Morgan fingerprint density at radius 2 is 1.70 bits per heavy atom. The van der Waals surface area contributed by atoms with Crippen molar-refractivity contribution in [1.82, 2.24) is 14.5 Å². The number of nitrogen functional groups attached to an aromatic ring is 1. The average molecular weight is 498 g/mol. The van der Waals surface area contributed by atoms with Gasteiger partial charge in [-0.05, 0) is 18.6 Å². The van der Waals surface area contributed by atoms with Crippen LogP contribution in [0.3, 0.4) is 0 Å². The molecule has 13 heteroatoms. The number of ether oxygens (including phenoxy) is 1. The van der Waals surface area contributed by atoms with Gasteiger partial charge < -0.3 is 15.4 Å². The monoisotopic (exact) mass is 497 g/mol. The molecule has 0 aliphatic carbocycles. The molecule has 0 fully saturated rings. The Morgan fingerprint density at radius 1 is 1.12 bits per heavy atom. The first-order valence-electron chi connectivity index (χ1n) is 9.89. The van der Waals surface area contributed by atoms with Crippen molar-refractivity contribution in [3.05, 3.63) is 54.1 Å². The molecule has 1 aromatic heterocycles. The van der Waals surface area contributed by atoms with Crippen LogP contribution >= 0.6 is 23.2 Å². The van der Waals surface area contributed by atoms with Gasteiger partial charge in [-0.15, -0.1) is 0 Å². The molecule has 0 saturated carbocycles. The second-order valence-electron chi connectivity index (χ2n) is 7.19. The summed E-state index contributed by atoms with van der Waals surface area (Å²) >= 11 is 11.9. The van der Waals surface area contributed by atoms with Crippen molar-refractivity contribution < 1.29 is 19.1 Å². The van der Waals surface area contributed by atoms with Gasteiger partial charge in [0.15, 0.2) is 5.69 Å². The predicted molar refractivity (Wildman–Crippen MR) is 122 cm³/mol. The number of carbonyl (C=O) groups is 3. The molecule has 3 amide bonds. The first-order valence-corrected chi connectivity index (χ1v) is 10.6. The van der Waals surface area contributed by atoms with Gasteiger partial charge in [0.1, 0.15) is 12.4 Å². The van der Waals surface area contributed by atoms with E-state index in [0.717, 1.165) is 14.4 Å². The maximum absolute atomic E-state index is 13.2. The van der Waals surface area contributed by atoms with Crippen LogP contribution in [0.2, 0.25) is 10.0 Å². The van der Waals surface area contributed by atoms with Crippen LogP contribution in [0.15, 0.2) is 21.7 Å². The van der Waals surface area contributed by atoms with Crippen LogP contribution in [0.4, 0.5) is 11.5 Å². The minimum Gasteiger partial charge on any atom is -0.383 e. The highest BCUT2D eigenvalue weighted by atomic mass is 35.5. The van der Waals surface area contributed by atoms with Crippen molar-refractivity contribution in [2.75, 3.05) is 37.4 Å². The van der Waals surface area contributed by atoms with Gasteiger partial charge in [-0.1, -0.05) is 30.1 Å². The van der Waals surface area contributed by atoms with E-state index in [1.165, 1.54) is 19.2 Å². The lowest BCUT2D eigenvalue weighted by Gasteiger charge is -2.26. The van der Waals surface area contributed by atoms with Crippen LogP contribution in [0.25, 0.3) is 0 Å². The van der Waals surface area contributed by atoms with Gasteiger partial charge in [0.05, 0.1) is 27.8 Å². The number of imide groups is 1. The van der Waals surface area contributed by atoms with Gasteiger partial charge >= 0.3 is 5.69 Å². The number of fused-ring (bicyclic) bond motifs is 1. The largest absolute Gasteiger partial charge is 0.383 e. The van der Waals surface area contributed by atoms with Crippen LogP contribution in [-0.2, 0) is 16.1 Å². The minimum atomic E-state index is -0.879. The van der Waals surface area contributed by atoms with Crippen molar-refractivity contribution in [1.29, 1.82) is 0 Å². The zero-order valence-corrected chi connectivity index (χ0v) is 19.3. The molecule has 0 bridgehead atoms. The van der Waals surface area contributed by atoms with Crippen molar-refractivity contribution >= 4 is 52.4 Å². The number of carbonyl (C=O) groups excluding carboxylic acids is 3. The summed E-state index contributed by atoms with van der Waals surface area (Å²) in [6.07, 6.45) is 0.543. The number of hydrogen-bond acceptors (Lipinski definition) is 7. The number of nitrogens with one attached hydrogen (secondary N) is 1. The summed E-state index contributed by atoms with van der Waals surface area (Å²) in [4.78, 5) is 67.3. The normalized spacial score (nSPS) is 12.9. The zero-order chi connectivity index (χ0) is 24.4. The third-order valence-corrected chi connectivity index (χ3v) is 5.78. The van der Waals surface area contributed by atoms with Crippen LogP contribution in [0.1, 0.15) is 34.1 Å². The number of anilines is 2. The third-order valence-electron chi connectivity index (χ3n) is 5.06. The fourth-order valence-electron chi connectivity index (χ4n) is 3.48. The summed E-state index contributed by atoms with van der Waals surface area (Å²) in [6.45, 7) is 1.24. The molecule has 1 aliphatic heterocycles. The molecule has 0 atom stereocenters. The third kappa shape index (κ3) is 4.52. The van der Waals surface area contributed by atoms with Gasteiger partial charge in [0.25, 0.3) is 17.4 Å². The lowest BCUT2D eigenvalue weighted by atomic mass is 10.1. The van der Waals surface area contributed by atoms with E-state index < -0.39 is 35.5 Å². The highest BCUT2D eigenvalue weighted by molar-refractivity contribution is 6.43. The fraction of sp³-hybridized carbons (Fsp3) is 0.350. The Balaban J connectivity index is 1.99. The lowest BCUT2D eigenvalue weighted by molar-refractivity contribution is -0.119. The summed E-state index contributed by atoms with van der Waals surface area (Å²) in [5.74, 6) is -2.45. The van der Waals surface area contributed by atoms with Gasteiger partial charge in [-0.3, -0.25) is 33.6 Å². The van der Waals surface area contributed by atoms with Gasteiger partial charge in [0, 0.05) is 20.2 Å². The molecule has 0 radical (unpaired) electrons. The predicted octanol–water partition coefficient (Wildman–Crippen LogP) is 1.11. The number of aromatic nitrogens is 2. The molecule has 176 valence electrons.